The van der Waals surface area contributed by atoms with Gasteiger partial charge in [-0.3, -0.25) is 9.48 Å². The Morgan fingerprint density at radius 1 is 1.33 bits per heavy atom. The van der Waals surface area contributed by atoms with E-state index in [0.29, 0.717) is 18.0 Å². The van der Waals surface area contributed by atoms with E-state index in [2.05, 4.69) is 20.4 Å². The molecule has 0 aliphatic heterocycles. The second kappa shape index (κ2) is 6.88. The molecule has 0 aliphatic carbocycles. The van der Waals surface area contributed by atoms with Gasteiger partial charge in [0.15, 0.2) is 0 Å². The summed E-state index contributed by atoms with van der Waals surface area (Å²) in [6, 6.07) is 3.76. The van der Waals surface area contributed by atoms with Crippen molar-refractivity contribution in [3.63, 3.8) is 0 Å². The highest BCUT2D eigenvalue weighted by Gasteiger charge is 2.12. The Labute approximate surface area is 143 Å². The third kappa shape index (κ3) is 3.48. The van der Waals surface area contributed by atoms with Crippen molar-refractivity contribution < 1.29 is 9.90 Å². The minimum Gasteiger partial charge on any atom is -0.480 e. The number of rotatable bonds is 7. The first-order chi connectivity index (χ1) is 11.6. The van der Waals surface area contributed by atoms with Crippen LogP contribution in [0.15, 0.2) is 24.5 Å². The number of hydrogen-bond acceptors (Lipinski definition) is 5. The highest BCUT2D eigenvalue weighted by atomic mass is 35.5. The summed E-state index contributed by atoms with van der Waals surface area (Å²) in [6.07, 6.45) is 4.35. The summed E-state index contributed by atoms with van der Waals surface area (Å²) in [4.78, 5) is 19.2. The maximum atomic E-state index is 10.9. The SMILES string of the molecule is CCn1ccc(CCNc2nc(Cl)nc3c2ccn3CC(=O)O)n1. The number of halogens is 1. The van der Waals surface area contributed by atoms with Crippen molar-refractivity contribution in [3.05, 3.63) is 35.5 Å². The fourth-order valence-corrected chi connectivity index (χ4v) is 2.63. The van der Waals surface area contributed by atoms with Gasteiger partial charge in [0.2, 0.25) is 5.28 Å². The first kappa shape index (κ1) is 16.3. The second-order valence-corrected chi connectivity index (χ2v) is 5.59. The number of aromatic nitrogens is 5. The summed E-state index contributed by atoms with van der Waals surface area (Å²) in [5.74, 6) is -0.354. The lowest BCUT2D eigenvalue weighted by atomic mass is 10.3. The number of anilines is 1. The van der Waals surface area contributed by atoms with E-state index in [1.54, 1.807) is 12.3 Å². The van der Waals surface area contributed by atoms with Crippen LogP contribution >= 0.6 is 11.6 Å². The molecule has 0 fully saturated rings. The van der Waals surface area contributed by atoms with Gasteiger partial charge >= 0.3 is 5.97 Å². The zero-order valence-electron chi connectivity index (χ0n) is 13.1. The molecule has 24 heavy (non-hydrogen) atoms. The van der Waals surface area contributed by atoms with Gasteiger partial charge in [0.05, 0.1) is 11.1 Å². The van der Waals surface area contributed by atoms with E-state index in [0.717, 1.165) is 24.0 Å². The van der Waals surface area contributed by atoms with Crippen LogP contribution in [0.5, 0.6) is 0 Å². The molecule has 0 bridgehead atoms. The lowest BCUT2D eigenvalue weighted by Crippen LogP contribution is -2.10. The van der Waals surface area contributed by atoms with Crippen molar-refractivity contribution in [1.29, 1.82) is 0 Å². The summed E-state index contributed by atoms with van der Waals surface area (Å²) in [5, 5.41) is 17.4. The van der Waals surface area contributed by atoms with Crippen LogP contribution < -0.4 is 5.32 Å². The molecule has 9 heteroatoms. The Kier molecular flexibility index (Phi) is 4.66. The lowest BCUT2D eigenvalue weighted by molar-refractivity contribution is -0.137. The highest BCUT2D eigenvalue weighted by Crippen LogP contribution is 2.23. The van der Waals surface area contributed by atoms with Gasteiger partial charge in [-0.1, -0.05) is 0 Å². The number of carbonyl (C=O) groups is 1. The molecule has 0 aromatic carbocycles. The number of nitrogens with zero attached hydrogens (tertiary/aromatic N) is 5. The molecule has 3 rings (SSSR count). The molecule has 0 saturated heterocycles. The van der Waals surface area contributed by atoms with Gasteiger partial charge in [-0.05, 0) is 30.7 Å². The smallest absolute Gasteiger partial charge is 0.323 e. The van der Waals surface area contributed by atoms with Gasteiger partial charge < -0.3 is 15.0 Å². The van der Waals surface area contributed by atoms with Crippen molar-refractivity contribution in [1.82, 2.24) is 24.3 Å². The average Bonchev–Trinajstić information content (AvgIpc) is 3.14. The lowest BCUT2D eigenvalue weighted by Gasteiger charge is -2.07. The number of hydrogen-bond donors (Lipinski definition) is 2. The van der Waals surface area contributed by atoms with Gasteiger partial charge in [-0.2, -0.15) is 10.1 Å². The molecule has 0 saturated carbocycles. The molecule has 3 aromatic rings. The third-order valence-corrected chi connectivity index (χ3v) is 3.76. The molecule has 0 atom stereocenters. The minimum atomic E-state index is -0.941. The third-order valence-electron chi connectivity index (χ3n) is 3.59. The topological polar surface area (TPSA) is 97.9 Å². The second-order valence-electron chi connectivity index (χ2n) is 5.26. The molecule has 0 aliphatic rings. The normalized spacial score (nSPS) is 11.1. The molecule has 0 spiro atoms. The van der Waals surface area contributed by atoms with E-state index in [9.17, 15) is 4.79 Å². The van der Waals surface area contributed by atoms with Crippen molar-refractivity contribution >= 4 is 34.4 Å². The van der Waals surface area contributed by atoms with E-state index < -0.39 is 5.97 Å². The quantitative estimate of drug-likeness (QED) is 0.634. The predicted molar refractivity (Wildman–Crippen MR) is 90.3 cm³/mol. The molecule has 0 unspecified atom stereocenters. The van der Waals surface area contributed by atoms with Crippen LogP contribution in [0.25, 0.3) is 11.0 Å². The van der Waals surface area contributed by atoms with Gasteiger partial charge in [0.25, 0.3) is 0 Å². The van der Waals surface area contributed by atoms with Crippen LogP contribution in [0.3, 0.4) is 0 Å². The summed E-state index contributed by atoms with van der Waals surface area (Å²) < 4.78 is 3.40. The fourth-order valence-electron chi connectivity index (χ4n) is 2.47. The van der Waals surface area contributed by atoms with Gasteiger partial charge in [0.1, 0.15) is 18.0 Å². The van der Waals surface area contributed by atoms with Crippen molar-refractivity contribution in [2.75, 3.05) is 11.9 Å². The van der Waals surface area contributed by atoms with Crippen LogP contribution in [0, 0.1) is 0 Å². The average molecular weight is 349 g/mol. The molecular formula is C15H17ClN6O2. The first-order valence-corrected chi connectivity index (χ1v) is 7.95. The van der Waals surface area contributed by atoms with Gasteiger partial charge in [-0.15, -0.1) is 0 Å². The molecule has 3 heterocycles. The Morgan fingerprint density at radius 3 is 2.88 bits per heavy atom. The molecule has 0 amide bonds. The van der Waals surface area contributed by atoms with Crippen molar-refractivity contribution in [2.45, 2.75) is 26.4 Å². The zero-order valence-corrected chi connectivity index (χ0v) is 13.9. The number of nitrogens with one attached hydrogen (secondary N) is 1. The van der Waals surface area contributed by atoms with Gasteiger partial charge in [-0.25, -0.2) is 4.98 Å². The molecule has 126 valence electrons. The predicted octanol–water partition coefficient (Wildman–Crippen LogP) is 2.04. The Hall–Kier alpha value is -2.61. The first-order valence-electron chi connectivity index (χ1n) is 7.57. The van der Waals surface area contributed by atoms with E-state index in [-0.39, 0.29) is 11.8 Å². The maximum absolute atomic E-state index is 10.9. The molecule has 8 nitrogen and oxygen atoms in total. The number of carboxylic acid groups (broad SMARTS) is 1. The van der Waals surface area contributed by atoms with Crippen molar-refractivity contribution in [3.8, 4) is 0 Å². The number of aliphatic carboxylic acids is 1. The largest absolute Gasteiger partial charge is 0.480 e. The van der Waals surface area contributed by atoms with Crippen LogP contribution in [0.1, 0.15) is 12.6 Å². The Balaban J connectivity index is 1.76. The fraction of sp³-hybridized carbons (Fsp3) is 0.333. The maximum Gasteiger partial charge on any atom is 0.323 e. The Morgan fingerprint density at radius 2 is 2.17 bits per heavy atom. The van der Waals surface area contributed by atoms with Crippen LogP contribution in [0.4, 0.5) is 5.82 Å². The van der Waals surface area contributed by atoms with E-state index >= 15 is 0 Å². The molecule has 2 N–H and O–H groups in total. The van der Waals surface area contributed by atoms with E-state index in [1.807, 2.05) is 23.9 Å². The molecular weight excluding hydrogens is 332 g/mol. The van der Waals surface area contributed by atoms with Crippen LogP contribution in [0.2, 0.25) is 5.28 Å². The van der Waals surface area contributed by atoms with E-state index in [1.165, 1.54) is 4.57 Å². The minimum absolute atomic E-state index is 0.0746. The number of fused-ring (bicyclic) bond motifs is 1. The van der Waals surface area contributed by atoms with Crippen molar-refractivity contribution in [2.24, 2.45) is 0 Å². The summed E-state index contributed by atoms with van der Waals surface area (Å²) >= 11 is 5.97. The van der Waals surface area contributed by atoms with Gasteiger partial charge in [0, 0.05) is 31.9 Å². The molecule has 3 aromatic heterocycles. The number of aryl methyl sites for hydroxylation is 1. The highest BCUT2D eigenvalue weighted by molar-refractivity contribution is 6.28. The summed E-state index contributed by atoms with van der Waals surface area (Å²) in [5.41, 5.74) is 1.49. The molecule has 0 radical (unpaired) electrons. The number of carboxylic acids is 1. The zero-order chi connectivity index (χ0) is 17.1. The standard InChI is InChI=1S/C15H17ClN6O2/c1-2-22-8-4-10(20-22)3-6-17-13-11-5-7-21(9-12(23)24)14(11)19-15(16)18-13/h4-5,7-8H,2-3,6,9H2,1H3,(H,23,24)(H,17,18,19). The summed E-state index contributed by atoms with van der Waals surface area (Å²) in [7, 11) is 0. The van der Waals surface area contributed by atoms with Crippen LogP contribution in [-0.2, 0) is 24.3 Å². The van der Waals surface area contributed by atoms with E-state index in [4.69, 9.17) is 16.7 Å². The Bertz CT molecular complexity index is 872. The van der Waals surface area contributed by atoms with Crippen LogP contribution in [-0.4, -0.2) is 41.9 Å². The summed E-state index contributed by atoms with van der Waals surface area (Å²) in [6.45, 7) is 3.33. The monoisotopic (exact) mass is 348 g/mol.